The highest BCUT2D eigenvalue weighted by Gasteiger charge is 2.37. The van der Waals surface area contributed by atoms with E-state index in [-0.39, 0.29) is 24.4 Å². The molecule has 28 heavy (non-hydrogen) atoms. The Morgan fingerprint density at radius 3 is 2.64 bits per heavy atom. The quantitative estimate of drug-likeness (QED) is 0.669. The fourth-order valence-electron chi connectivity index (χ4n) is 3.85. The first-order valence-electron chi connectivity index (χ1n) is 9.27. The SMILES string of the molecule is Cc1ncc2n1C(=O)N(C1CCN(C(=O)[C@@H](CCS(C)=O)NC(N)=O)CC1)C2. The second kappa shape index (κ2) is 8.29. The van der Waals surface area contributed by atoms with Gasteiger partial charge in [0.15, 0.2) is 0 Å². The third kappa shape index (κ3) is 4.18. The summed E-state index contributed by atoms with van der Waals surface area (Å²) < 4.78 is 13.0. The van der Waals surface area contributed by atoms with Crippen LogP contribution in [0.4, 0.5) is 9.59 Å². The smallest absolute Gasteiger partial charge is 0.330 e. The maximum Gasteiger partial charge on any atom is 0.330 e. The molecule has 2 aliphatic heterocycles. The number of hydrogen-bond donors (Lipinski definition) is 2. The van der Waals surface area contributed by atoms with E-state index in [0.29, 0.717) is 44.1 Å². The van der Waals surface area contributed by atoms with Gasteiger partial charge in [-0.1, -0.05) is 0 Å². The number of aryl methyl sites for hydroxylation is 1. The highest BCUT2D eigenvalue weighted by molar-refractivity contribution is 7.84. The molecule has 2 atom stereocenters. The number of fused-ring (bicyclic) bond motifs is 1. The fraction of sp³-hybridized carbons (Fsp3) is 0.647. The molecule has 1 aromatic heterocycles. The van der Waals surface area contributed by atoms with Crippen molar-refractivity contribution in [1.82, 2.24) is 24.7 Å². The van der Waals surface area contributed by atoms with Gasteiger partial charge < -0.3 is 20.9 Å². The Labute approximate surface area is 165 Å². The molecule has 10 nitrogen and oxygen atoms in total. The molecule has 3 rings (SSSR count). The Morgan fingerprint density at radius 2 is 2.07 bits per heavy atom. The number of nitrogens with two attached hydrogens (primary N) is 1. The van der Waals surface area contributed by atoms with Crippen LogP contribution in [0.25, 0.3) is 0 Å². The van der Waals surface area contributed by atoms with Crippen LogP contribution in [0.2, 0.25) is 0 Å². The Balaban J connectivity index is 1.58. The molecule has 0 aromatic carbocycles. The maximum atomic E-state index is 12.8. The molecule has 3 heterocycles. The van der Waals surface area contributed by atoms with Gasteiger partial charge in [0, 0.05) is 41.9 Å². The summed E-state index contributed by atoms with van der Waals surface area (Å²) in [4.78, 5) is 44.4. The predicted octanol–water partition coefficient (Wildman–Crippen LogP) is -0.228. The van der Waals surface area contributed by atoms with Gasteiger partial charge in [0.2, 0.25) is 5.91 Å². The third-order valence-corrected chi connectivity index (χ3v) is 6.12. The van der Waals surface area contributed by atoms with Crippen LogP contribution in [0.3, 0.4) is 0 Å². The highest BCUT2D eigenvalue weighted by atomic mass is 32.2. The van der Waals surface area contributed by atoms with Gasteiger partial charge in [-0.2, -0.15) is 0 Å². The fourth-order valence-corrected chi connectivity index (χ4v) is 4.42. The number of primary amides is 1. The maximum absolute atomic E-state index is 12.8. The van der Waals surface area contributed by atoms with Crippen LogP contribution in [-0.4, -0.2) is 78.7 Å². The molecule has 3 N–H and O–H groups in total. The van der Waals surface area contributed by atoms with Crippen molar-refractivity contribution in [3.05, 3.63) is 17.7 Å². The van der Waals surface area contributed by atoms with E-state index in [2.05, 4.69) is 10.3 Å². The van der Waals surface area contributed by atoms with E-state index in [0.717, 1.165) is 5.69 Å². The van der Waals surface area contributed by atoms with Gasteiger partial charge >= 0.3 is 12.1 Å². The molecule has 1 aromatic rings. The number of aromatic nitrogens is 2. The van der Waals surface area contributed by atoms with Crippen molar-refractivity contribution in [2.45, 2.75) is 44.8 Å². The van der Waals surface area contributed by atoms with Gasteiger partial charge in [-0.15, -0.1) is 0 Å². The number of rotatable bonds is 6. The van der Waals surface area contributed by atoms with E-state index < -0.39 is 22.9 Å². The second-order valence-electron chi connectivity index (χ2n) is 7.23. The molecule has 0 spiro atoms. The normalized spacial score (nSPS) is 19.4. The van der Waals surface area contributed by atoms with Crippen LogP contribution < -0.4 is 11.1 Å². The standard InChI is InChI=1S/C17H26N6O4S/c1-11-19-9-13-10-22(17(26)23(11)13)12-3-6-21(7-4-12)15(24)14(20-16(18)25)5-8-28(2)27/h9,12,14H,3-8,10H2,1-2H3,(H3,18,20,25)/t14-,28?/m1/s1. The Hall–Kier alpha value is -2.43. The topological polar surface area (TPSA) is 131 Å². The zero-order chi connectivity index (χ0) is 20.4. The van der Waals surface area contributed by atoms with Crippen molar-refractivity contribution in [2.75, 3.05) is 25.1 Å². The predicted molar refractivity (Wildman–Crippen MR) is 103 cm³/mol. The molecule has 4 amide bonds. The summed E-state index contributed by atoms with van der Waals surface area (Å²) in [5, 5.41) is 2.46. The van der Waals surface area contributed by atoms with Crippen molar-refractivity contribution in [3.8, 4) is 0 Å². The van der Waals surface area contributed by atoms with Crippen molar-refractivity contribution in [3.63, 3.8) is 0 Å². The van der Waals surface area contributed by atoms with Crippen molar-refractivity contribution in [2.24, 2.45) is 5.73 Å². The molecule has 2 aliphatic rings. The van der Waals surface area contributed by atoms with Crippen LogP contribution in [0.1, 0.15) is 30.8 Å². The Bertz CT molecular complexity index is 802. The number of imidazole rings is 1. The van der Waals surface area contributed by atoms with E-state index in [1.807, 2.05) is 4.90 Å². The van der Waals surface area contributed by atoms with E-state index in [4.69, 9.17) is 5.73 Å². The molecular weight excluding hydrogens is 384 g/mol. The first-order valence-corrected chi connectivity index (χ1v) is 11.0. The average Bonchev–Trinajstić information content (AvgIpc) is 3.18. The van der Waals surface area contributed by atoms with Crippen molar-refractivity contribution >= 4 is 28.8 Å². The molecule has 1 saturated heterocycles. The zero-order valence-electron chi connectivity index (χ0n) is 16.1. The highest BCUT2D eigenvalue weighted by Crippen LogP contribution is 2.26. The lowest BCUT2D eigenvalue weighted by molar-refractivity contribution is -0.134. The first kappa shape index (κ1) is 20.3. The summed E-state index contributed by atoms with van der Waals surface area (Å²) in [6, 6.07) is -1.56. The number of piperidine rings is 1. The van der Waals surface area contributed by atoms with Gasteiger partial charge in [-0.05, 0) is 26.2 Å². The van der Waals surface area contributed by atoms with Crippen LogP contribution in [0, 0.1) is 6.92 Å². The van der Waals surface area contributed by atoms with Crippen LogP contribution in [-0.2, 0) is 22.1 Å². The van der Waals surface area contributed by atoms with Gasteiger partial charge in [0.1, 0.15) is 11.9 Å². The molecular formula is C17H26N6O4S. The van der Waals surface area contributed by atoms with Crippen LogP contribution in [0.5, 0.6) is 0 Å². The number of carbonyl (C=O) groups excluding carboxylic acids is 3. The number of urea groups is 1. The number of nitrogens with zero attached hydrogens (tertiary/aromatic N) is 4. The Morgan fingerprint density at radius 1 is 1.39 bits per heavy atom. The number of amides is 4. The zero-order valence-corrected chi connectivity index (χ0v) is 16.9. The summed E-state index contributed by atoms with van der Waals surface area (Å²) in [7, 11) is -1.07. The monoisotopic (exact) mass is 410 g/mol. The van der Waals surface area contributed by atoms with Crippen LogP contribution in [0.15, 0.2) is 6.20 Å². The molecule has 0 bridgehead atoms. The lowest BCUT2D eigenvalue weighted by atomic mass is 10.0. The number of likely N-dealkylation sites (tertiary alicyclic amines) is 1. The van der Waals surface area contributed by atoms with Crippen molar-refractivity contribution < 1.29 is 18.6 Å². The minimum absolute atomic E-state index is 0.0570. The van der Waals surface area contributed by atoms with Gasteiger partial charge in [0.25, 0.3) is 0 Å². The van der Waals surface area contributed by atoms with E-state index in [9.17, 15) is 18.6 Å². The van der Waals surface area contributed by atoms with Gasteiger partial charge in [-0.3, -0.25) is 13.6 Å². The molecule has 0 aliphatic carbocycles. The van der Waals surface area contributed by atoms with Gasteiger partial charge in [-0.25, -0.2) is 14.6 Å². The summed E-state index contributed by atoms with van der Waals surface area (Å²) in [5.74, 6) is 0.770. The summed E-state index contributed by atoms with van der Waals surface area (Å²) in [6.45, 7) is 3.32. The Kier molecular flexibility index (Phi) is 6.01. The van der Waals surface area contributed by atoms with Crippen molar-refractivity contribution in [1.29, 1.82) is 0 Å². The minimum Gasteiger partial charge on any atom is -0.352 e. The lowest BCUT2D eigenvalue weighted by Gasteiger charge is -2.37. The summed E-state index contributed by atoms with van der Waals surface area (Å²) in [5.41, 5.74) is 6.07. The molecule has 11 heteroatoms. The minimum atomic E-state index is -1.07. The van der Waals surface area contributed by atoms with E-state index >= 15 is 0 Å². The van der Waals surface area contributed by atoms with Gasteiger partial charge in [0.05, 0.1) is 18.4 Å². The molecule has 154 valence electrons. The molecule has 1 unspecified atom stereocenters. The van der Waals surface area contributed by atoms with E-state index in [1.54, 1.807) is 28.8 Å². The van der Waals surface area contributed by atoms with Crippen LogP contribution >= 0.6 is 0 Å². The third-order valence-electron chi connectivity index (χ3n) is 5.31. The van der Waals surface area contributed by atoms with E-state index in [1.165, 1.54) is 0 Å². The second-order valence-corrected chi connectivity index (χ2v) is 8.78. The average molecular weight is 411 g/mol. The number of nitrogens with one attached hydrogen (secondary N) is 1. The lowest BCUT2D eigenvalue weighted by Crippen LogP contribution is -2.54. The summed E-state index contributed by atoms with van der Waals surface area (Å²) in [6.07, 6.45) is 4.88. The number of hydrogen-bond acceptors (Lipinski definition) is 5. The summed E-state index contributed by atoms with van der Waals surface area (Å²) >= 11 is 0. The molecule has 1 fully saturated rings. The first-order chi connectivity index (χ1) is 13.3. The number of carbonyl (C=O) groups is 3. The largest absolute Gasteiger partial charge is 0.352 e. The molecule has 0 radical (unpaired) electrons. The molecule has 0 saturated carbocycles.